The zero-order valence-electron chi connectivity index (χ0n) is 10.3. The average Bonchev–Trinajstić information content (AvgIpc) is 2.44. The summed E-state index contributed by atoms with van der Waals surface area (Å²) in [6, 6.07) is 5.62. The lowest BCUT2D eigenvalue weighted by Crippen LogP contribution is -1.98. The molecule has 0 spiro atoms. The Morgan fingerprint density at radius 3 is 2.95 bits per heavy atom. The van der Waals surface area contributed by atoms with Crippen molar-refractivity contribution < 1.29 is 0 Å². The molecule has 0 amide bonds. The molecule has 0 radical (unpaired) electrons. The summed E-state index contributed by atoms with van der Waals surface area (Å²) in [4.78, 5) is 12.9. The van der Waals surface area contributed by atoms with E-state index in [-0.39, 0.29) is 0 Å². The minimum Gasteiger partial charge on any atom is -0.384 e. The number of nitrogen functional groups attached to an aromatic ring is 1. The third kappa shape index (κ3) is 3.99. The number of thioether (sulfide) groups is 2. The topological polar surface area (TPSA) is 64.7 Å². The summed E-state index contributed by atoms with van der Waals surface area (Å²) in [5, 5.41) is 1.53. The molecule has 7 heteroatoms. The van der Waals surface area contributed by atoms with Crippen molar-refractivity contribution in [1.82, 2.24) is 15.0 Å². The molecule has 2 aromatic heterocycles. The highest BCUT2D eigenvalue weighted by Gasteiger charge is 2.07. The smallest absolute Gasteiger partial charge is 0.190 e. The second-order valence-corrected chi connectivity index (χ2v) is 5.69. The van der Waals surface area contributed by atoms with Crippen LogP contribution in [0.5, 0.6) is 0 Å². The molecule has 2 aromatic rings. The lowest BCUT2D eigenvalue weighted by Gasteiger charge is -2.06. The normalized spacial score (nSPS) is 10.6. The molecule has 0 fully saturated rings. The molecular formula is C12H13ClN4S2. The maximum Gasteiger partial charge on any atom is 0.190 e. The average molecular weight is 313 g/mol. The van der Waals surface area contributed by atoms with E-state index in [4.69, 9.17) is 17.3 Å². The molecule has 0 saturated heterocycles. The van der Waals surface area contributed by atoms with Crippen LogP contribution in [-0.4, -0.2) is 21.2 Å². The minimum atomic E-state index is 0.456. The van der Waals surface area contributed by atoms with Crippen LogP contribution in [0.15, 0.2) is 34.6 Å². The van der Waals surface area contributed by atoms with Gasteiger partial charge in [-0.1, -0.05) is 17.8 Å². The van der Waals surface area contributed by atoms with Crippen LogP contribution in [0.25, 0.3) is 0 Å². The van der Waals surface area contributed by atoms with Crippen LogP contribution in [0.1, 0.15) is 11.3 Å². The van der Waals surface area contributed by atoms with E-state index in [1.54, 1.807) is 24.0 Å². The third-order valence-electron chi connectivity index (χ3n) is 2.38. The molecule has 2 heterocycles. The van der Waals surface area contributed by atoms with Gasteiger partial charge in [-0.15, -0.1) is 23.4 Å². The van der Waals surface area contributed by atoms with Gasteiger partial charge in [-0.2, -0.15) is 0 Å². The van der Waals surface area contributed by atoms with Crippen molar-refractivity contribution in [3.63, 3.8) is 0 Å². The van der Waals surface area contributed by atoms with E-state index in [1.807, 2.05) is 18.4 Å². The van der Waals surface area contributed by atoms with Gasteiger partial charge in [0.25, 0.3) is 0 Å². The number of halogens is 1. The fourth-order valence-electron chi connectivity index (χ4n) is 1.45. The van der Waals surface area contributed by atoms with Crippen molar-refractivity contribution in [1.29, 1.82) is 0 Å². The zero-order valence-corrected chi connectivity index (χ0v) is 12.7. The first-order chi connectivity index (χ1) is 9.22. The predicted molar refractivity (Wildman–Crippen MR) is 81.6 cm³/mol. The molecule has 0 aliphatic heterocycles. The molecule has 0 aliphatic carbocycles. The van der Waals surface area contributed by atoms with Crippen molar-refractivity contribution in [2.75, 3.05) is 12.0 Å². The van der Waals surface area contributed by atoms with Gasteiger partial charge in [0.1, 0.15) is 10.8 Å². The Hall–Kier alpha value is -0.980. The number of hydrogen-bond acceptors (Lipinski definition) is 6. The SMILES string of the molecule is CSc1cc(N)nc(SCc2ncccc2CCl)n1. The summed E-state index contributed by atoms with van der Waals surface area (Å²) in [7, 11) is 0. The molecule has 2 N–H and O–H groups in total. The van der Waals surface area contributed by atoms with E-state index < -0.39 is 0 Å². The van der Waals surface area contributed by atoms with Crippen molar-refractivity contribution in [3.05, 3.63) is 35.7 Å². The first-order valence-electron chi connectivity index (χ1n) is 5.53. The zero-order chi connectivity index (χ0) is 13.7. The Labute approximate surface area is 125 Å². The Morgan fingerprint density at radius 1 is 1.37 bits per heavy atom. The molecule has 0 unspecified atom stereocenters. The summed E-state index contributed by atoms with van der Waals surface area (Å²) >= 11 is 8.94. The van der Waals surface area contributed by atoms with Gasteiger partial charge in [-0.05, 0) is 17.9 Å². The Bertz CT molecular complexity index is 565. The summed E-state index contributed by atoms with van der Waals surface area (Å²) < 4.78 is 0. The predicted octanol–water partition coefficient (Wildman–Crippen LogP) is 3.21. The highest BCUT2D eigenvalue weighted by Crippen LogP contribution is 2.24. The van der Waals surface area contributed by atoms with Crippen molar-refractivity contribution >= 4 is 40.9 Å². The number of alkyl halides is 1. The van der Waals surface area contributed by atoms with Gasteiger partial charge >= 0.3 is 0 Å². The number of pyridine rings is 1. The fourth-order valence-corrected chi connectivity index (χ4v) is 3.02. The Balaban J connectivity index is 2.12. The summed E-state index contributed by atoms with van der Waals surface area (Å²) in [6.07, 6.45) is 3.72. The number of nitrogens with zero attached hydrogens (tertiary/aromatic N) is 3. The van der Waals surface area contributed by atoms with Gasteiger partial charge in [0.05, 0.1) is 5.69 Å². The van der Waals surface area contributed by atoms with E-state index in [0.717, 1.165) is 16.3 Å². The quantitative estimate of drug-likeness (QED) is 0.396. The molecule has 0 aromatic carbocycles. The molecule has 0 aliphatic rings. The number of nitrogens with two attached hydrogens (primary N) is 1. The second kappa shape index (κ2) is 6.98. The van der Waals surface area contributed by atoms with Crippen LogP contribution in [0.2, 0.25) is 0 Å². The van der Waals surface area contributed by atoms with Gasteiger partial charge < -0.3 is 5.73 Å². The summed E-state index contributed by atoms with van der Waals surface area (Å²) in [5.74, 6) is 1.62. The molecule has 19 heavy (non-hydrogen) atoms. The molecular weight excluding hydrogens is 300 g/mol. The first kappa shape index (κ1) is 14.4. The van der Waals surface area contributed by atoms with Crippen LogP contribution in [0.4, 0.5) is 5.82 Å². The van der Waals surface area contributed by atoms with Crippen LogP contribution >= 0.6 is 35.1 Å². The third-order valence-corrected chi connectivity index (χ3v) is 4.15. The number of aromatic nitrogens is 3. The largest absolute Gasteiger partial charge is 0.384 e. The maximum atomic E-state index is 5.88. The first-order valence-corrected chi connectivity index (χ1v) is 8.27. The van der Waals surface area contributed by atoms with Crippen LogP contribution in [-0.2, 0) is 11.6 Å². The lowest BCUT2D eigenvalue weighted by atomic mass is 10.2. The van der Waals surface area contributed by atoms with Crippen molar-refractivity contribution in [2.45, 2.75) is 21.8 Å². The molecule has 0 saturated carbocycles. The maximum absolute atomic E-state index is 5.88. The van der Waals surface area contributed by atoms with Crippen LogP contribution in [0, 0.1) is 0 Å². The number of anilines is 1. The second-order valence-electron chi connectivity index (χ2n) is 3.65. The number of hydrogen-bond donors (Lipinski definition) is 1. The minimum absolute atomic E-state index is 0.456. The van der Waals surface area contributed by atoms with Gasteiger partial charge in [0.2, 0.25) is 0 Å². The van der Waals surface area contributed by atoms with Crippen molar-refractivity contribution in [2.24, 2.45) is 0 Å². The molecule has 2 rings (SSSR count). The van der Waals surface area contributed by atoms with E-state index in [9.17, 15) is 0 Å². The van der Waals surface area contributed by atoms with Gasteiger partial charge in [-0.3, -0.25) is 4.98 Å². The van der Waals surface area contributed by atoms with Gasteiger partial charge in [-0.25, -0.2) is 9.97 Å². The van der Waals surface area contributed by atoms with E-state index >= 15 is 0 Å². The van der Waals surface area contributed by atoms with Crippen LogP contribution < -0.4 is 5.73 Å². The van der Waals surface area contributed by atoms with Crippen LogP contribution in [0.3, 0.4) is 0 Å². The standard InChI is InChI=1S/C12H13ClN4S2/c1-18-11-5-10(14)16-12(17-11)19-7-9-8(6-13)3-2-4-15-9/h2-5H,6-7H2,1H3,(H2,14,16,17). The lowest BCUT2D eigenvalue weighted by molar-refractivity contribution is 0.899. The molecule has 0 bridgehead atoms. The van der Waals surface area contributed by atoms with E-state index in [2.05, 4.69) is 15.0 Å². The molecule has 100 valence electrons. The molecule has 0 atom stereocenters. The highest BCUT2D eigenvalue weighted by molar-refractivity contribution is 7.99. The van der Waals surface area contributed by atoms with Crippen molar-refractivity contribution in [3.8, 4) is 0 Å². The van der Waals surface area contributed by atoms with E-state index in [0.29, 0.717) is 22.6 Å². The fraction of sp³-hybridized carbons (Fsp3) is 0.250. The number of rotatable bonds is 5. The Morgan fingerprint density at radius 2 is 2.21 bits per heavy atom. The van der Waals surface area contributed by atoms with Gasteiger partial charge in [0, 0.05) is 23.9 Å². The van der Waals surface area contributed by atoms with Gasteiger partial charge in [0.15, 0.2) is 5.16 Å². The Kier molecular flexibility index (Phi) is 5.30. The summed E-state index contributed by atoms with van der Waals surface area (Å²) in [5.41, 5.74) is 7.74. The highest BCUT2D eigenvalue weighted by atomic mass is 35.5. The summed E-state index contributed by atoms with van der Waals surface area (Å²) in [6.45, 7) is 0. The molecule has 4 nitrogen and oxygen atoms in total. The van der Waals surface area contributed by atoms with E-state index in [1.165, 1.54) is 11.8 Å². The monoisotopic (exact) mass is 312 g/mol.